The van der Waals surface area contributed by atoms with E-state index in [2.05, 4.69) is 20.4 Å². The van der Waals surface area contributed by atoms with Crippen molar-refractivity contribution >= 4 is 5.57 Å². The van der Waals surface area contributed by atoms with Gasteiger partial charge in [-0.15, -0.1) is 0 Å². The van der Waals surface area contributed by atoms with Crippen molar-refractivity contribution in [2.24, 2.45) is 0 Å². The molecule has 0 fully saturated rings. The maximum atomic E-state index is 9.43. The van der Waals surface area contributed by atoms with Crippen LogP contribution in [0.25, 0.3) is 5.57 Å². The summed E-state index contributed by atoms with van der Waals surface area (Å²) in [4.78, 5) is 0. The van der Waals surface area contributed by atoms with Crippen LogP contribution in [0.15, 0.2) is 24.8 Å². The highest BCUT2D eigenvalue weighted by molar-refractivity contribution is 5.66. The first-order valence-corrected chi connectivity index (χ1v) is 5.05. The summed E-state index contributed by atoms with van der Waals surface area (Å²) in [5.74, 6) is 0.805. The Bertz CT molecular complexity index is 339. The van der Waals surface area contributed by atoms with E-state index in [1.165, 1.54) is 5.56 Å². The number of hydrogen-bond donors (Lipinski definition) is 1. The summed E-state index contributed by atoms with van der Waals surface area (Å²) < 4.78 is 0. The molecule has 1 heteroatoms. The van der Waals surface area contributed by atoms with Crippen molar-refractivity contribution < 1.29 is 5.11 Å². The van der Waals surface area contributed by atoms with Gasteiger partial charge in [-0.1, -0.05) is 32.1 Å². The van der Waals surface area contributed by atoms with Crippen LogP contribution in [0.4, 0.5) is 0 Å². The lowest BCUT2D eigenvalue weighted by atomic mass is 9.91. The van der Waals surface area contributed by atoms with Gasteiger partial charge in [0.25, 0.3) is 0 Å². The van der Waals surface area contributed by atoms with E-state index in [0.717, 1.165) is 17.6 Å². The highest BCUT2D eigenvalue weighted by Crippen LogP contribution is 2.29. The lowest BCUT2D eigenvalue weighted by Gasteiger charge is -2.15. The quantitative estimate of drug-likeness (QED) is 0.765. The van der Waals surface area contributed by atoms with Crippen LogP contribution in [0.3, 0.4) is 0 Å². The molecule has 0 bridgehead atoms. The van der Waals surface area contributed by atoms with Crippen LogP contribution in [0.1, 0.15) is 44.2 Å². The summed E-state index contributed by atoms with van der Waals surface area (Å²) in [6.07, 6.45) is 1.07. The number of phenols is 1. The molecule has 1 N–H and O–H groups in total. The van der Waals surface area contributed by atoms with Crippen LogP contribution in [0.2, 0.25) is 0 Å². The number of allylic oxidation sites excluding steroid dienone is 1. The molecule has 0 aliphatic carbocycles. The maximum Gasteiger partial charge on any atom is 0.115 e. The number of rotatable bonds is 3. The van der Waals surface area contributed by atoms with E-state index in [-0.39, 0.29) is 0 Å². The first kappa shape index (κ1) is 10.8. The van der Waals surface area contributed by atoms with E-state index in [1.54, 1.807) is 6.07 Å². The molecule has 1 aromatic carbocycles. The largest absolute Gasteiger partial charge is 0.508 e. The Morgan fingerprint density at radius 2 is 2.14 bits per heavy atom. The van der Waals surface area contributed by atoms with Crippen LogP contribution in [0.5, 0.6) is 5.75 Å². The zero-order valence-corrected chi connectivity index (χ0v) is 9.17. The van der Waals surface area contributed by atoms with E-state index in [4.69, 9.17) is 0 Å². The molecule has 1 atom stereocenters. The topological polar surface area (TPSA) is 20.2 Å². The smallest absolute Gasteiger partial charge is 0.115 e. The van der Waals surface area contributed by atoms with Gasteiger partial charge >= 0.3 is 0 Å². The Balaban J connectivity index is 3.22. The number of phenolic OH excluding ortho intramolecular Hbond substituents is 1. The molecule has 0 saturated heterocycles. The minimum Gasteiger partial charge on any atom is -0.508 e. The van der Waals surface area contributed by atoms with Gasteiger partial charge in [-0.3, -0.25) is 0 Å². The third-order valence-corrected chi connectivity index (χ3v) is 2.64. The Labute approximate surface area is 86.1 Å². The van der Waals surface area contributed by atoms with Crippen molar-refractivity contribution in [3.8, 4) is 5.75 Å². The summed E-state index contributed by atoms with van der Waals surface area (Å²) in [5, 5.41) is 9.43. The monoisotopic (exact) mass is 190 g/mol. The molecular formula is C13H18O. The maximum absolute atomic E-state index is 9.43. The molecule has 0 aliphatic rings. The highest BCUT2D eigenvalue weighted by Gasteiger charge is 2.10. The van der Waals surface area contributed by atoms with Gasteiger partial charge in [0.2, 0.25) is 0 Å². The second kappa shape index (κ2) is 4.32. The first-order chi connectivity index (χ1) is 6.56. The highest BCUT2D eigenvalue weighted by atomic mass is 16.3. The molecule has 0 radical (unpaired) electrons. The number of benzene rings is 1. The predicted octanol–water partition coefficient (Wildman–Crippen LogP) is 3.94. The van der Waals surface area contributed by atoms with E-state index < -0.39 is 0 Å². The number of hydrogen-bond acceptors (Lipinski definition) is 1. The number of aromatic hydroxyl groups is 1. The molecule has 0 saturated carbocycles. The predicted molar refractivity (Wildman–Crippen MR) is 61.5 cm³/mol. The summed E-state index contributed by atoms with van der Waals surface area (Å²) in [6.45, 7) is 10.3. The second-order valence-corrected chi connectivity index (χ2v) is 3.86. The zero-order valence-electron chi connectivity index (χ0n) is 9.17. The SMILES string of the molecule is C=C(C)c1ccc(O)cc1C(C)CC. The minimum absolute atomic E-state index is 0.338. The van der Waals surface area contributed by atoms with Gasteiger partial charge in [-0.2, -0.15) is 0 Å². The van der Waals surface area contributed by atoms with E-state index in [0.29, 0.717) is 11.7 Å². The summed E-state index contributed by atoms with van der Waals surface area (Å²) in [5.41, 5.74) is 3.41. The molecule has 0 amide bonds. The lowest BCUT2D eigenvalue weighted by Crippen LogP contribution is -1.96. The van der Waals surface area contributed by atoms with Gasteiger partial charge in [0.1, 0.15) is 5.75 Å². The fourth-order valence-electron chi connectivity index (χ4n) is 1.57. The fraction of sp³-hybridized carbons (Fsp3) is 0.385. The lowest BCUT2D eigenvalue weighted by molar-refractivity contribution is 0.473. The van der Waals surface area contributed by atoms with Crippen LogP contribution in [-0.2, 0) is 0 Å². The third-order valence-electron chi connectivity index (χ3n) is 2.64. The fourth-order valence-corrected chi connectivity index (χ4v) is 1.57. The normalized spacial score (nSPS) is 12.5. The van der Waals surface area contributed by atoms with Gasteiger partial charge in [-0.25, -0.2) is 0 Å². The van der Waals surface area contributed by atoms with Crippen molar-refractivity contribution in [3.63, 3.8) is 0 Å². The molecule has 1 nitrogen and oxygen atoms in total. The van der Waals surface area contributed by atoms with Gasteiger partial charge in [0, 0.05) is 0 Å². The third kappa shape index (κ3) is 2.16. The van der Waals surface area contributed by atoms with Crippen LogP contribution in [0, 0.1) is 0 Å². The minimum atomic E-state index is 0.338. The molecular weight excluding hydrogens is 172 g/mol. The first-order valence-electron chi connectivity index (χ1n) is 5.05. The van der Waals surface area contributed by atoms with Crippen LogP contribution < -0.4 is 0 Å². The van der Waals surface area contributed by atoms with Gasteiger partial charge in [-0.05, 0) is 42.5 Å². The Hall–Kier alpha value is -1.24. The van der Waals surface area contributed by atoms with Gasteiger partial charge in [0.15, 0.2) is 0 Å². The van der Waals surface area contributed by atoms with Gasteiger partial charge < -0.3 is 5.11 Å². The molecule has 0 aromatic heterocycles. The van der Waals surface area contributed by atoms with Gasteiger partial charge in [0.05, 0.1) is 0 Å². The van der Waals surface area contributed by atoms with Crippen molar-refractivity contribution in [1.82, 2.24) is 0 Å². The Morgan fingerprint density at radius 3 is 2.64 bits per heavy atom. The van der Waals surface area contributed by atoms with Crippen molar-refractivity contribution in [3.05, 3.63) is 35.9 Å². The molecule has 76 valence electrons. The Morgan fingerprint density at radius 1 is 1.50 bits per heavy atom. The van der Waals surface area contributed by atoms with E-state index in [9.17, 15) is 5.11 Å². The molecule has 0 heterocycles. The molecule has 0 spiro atoms. The molecule has 0 aliphatic heterocycles. The standard InChI is InChI=1S/C13H18O/c1-5-10(4)13-8-11(14)6-7-12(13)9(2)3/h6-8,10,14H,2,5H2,1,3-4H3. The van der Waals surface area contributed by atoms with Crippen LogP contribution >= 0.6 is 0 Å². The van der Waals surface area contributed by atoms with E-state index >= 15 is 0 Å². The molecule has 1 rings (SSSR count). The Kier molecular flexibility index (Phi) is 3.34. The molecule has 1 aromatic rings. The summed E-state index contributed by atoms with van der Waals surface area (Å²) >= 11 is 0. The van der Waals surface area contributed by atoms with Crippen molar-refractivity contribution in [1.29, 1.82) is 0 Å². The molecule has 1 unspecified atom stereocenters. The second-order valence-electron chi connectivity index (χ2n) is 3.86. The average Bonchev–Trinajstić information content (AvgIpc) is 2.16. The average molecular weight is 190 g/mol. The van der Waals surface area contributed by atoms with Crippen molar-refractivity contribution in [2.45, 2.75) is 33.1 Å². The zero-order chi connectivity index (χ0) is 10.7. The van der Waals surface area contributed by atoms with Crippen molar-refractivity contribution in [2.75, 3.05) is 0 Å². The summed E-state index contributed by atoms with van der Waals surface area (Å²) in [6, 6.07) is 5.51. The van der Waals surface area contributed by atoms with Crippen LogP contribution in [-0.4, -0.2) is 5.11 Å². The summed E-state index contributed by atoms with van der Waals surface area (Å²) in [7, 11) is 0. The molecule has 14 heavy (non-hydrogen) atoms. The van der Waals surface area contributed by atoms with E-state index in [1.807, 2.05) is 19.1 Å².